The highest BCUT2D eigenvalue weighted by Gasteiger charge is 2.28. The predicted molar refractivity (Wildman–Crippen MR) is 85.9 cm³/mol. The standard InChI is InChI=1S/C13H19N3O4S.ClH/c1-10-4-2-6-12(16(17)18)13(10)21(19,20)15-9-11-5-3-7-14-8-11;/h2,4,6,11,14-15H,3,5,7-9H2,1H3;1H. The van der Waals surface area contributed by atoms with Crippen molar-refractivity contribution in [2.75, 3.05) is 19.6 Å². The summed E-state index contributed by atoms with van der Waals surface area (Å²) in [5.41, 5.74) is -0.0114. The molecule has 2 N–H and O–H groups in total. The topological polar surface area (TPSA) is 101 Å². The molecule has 1 aromatic carbocycles. The molecule has 1 unspecified atom stereocenters. The van der Waals surface area contributed by atoms with Gasteiger partial charge in [0.05, 0.1) is 4.92 Å². The highest BCUT2D eigenvalue weighted by Crippen LogP contribution is 2.26. The zero-order valence-electron chi connectivity index (χ0n) is 12.2. The van der Waals surface area contributed by atoms with Gasteiger partial charge in [0.2, 0.25) is 10.0 Å². The van der Waals surface area contributed by atoms with Crippen LogP contribution in [0, 0.1) is 23.0 Å². The van der Waals surface area contributed by atoms with E-state index in [-0.39, 0.29) is 28.9 Å². The lowest BCUT2D eigenvalue weighted by atomic mass is 10.0. The molecule has 2 rings (SSSR count). The van der Waals surface area contributed by atoms with Gasteiger partial charge in [0, 0.05) is 12.6 Å². The summed E-state index contributed by atoms with van der Waals surface area (Å²) in [6, 6.07) is 4.25. The van der Waals surface area contributed by atoms with Crippen LogP contribution in [0.5, 0.6) is 0 Å². The number of nitrogens with one attached hydrogen (secondary N) is 2. The Morgan fingerprint density at radius 3 is 2.77 bits per heavy atom. The Bertz CT molecular complexity index is 630. The molecule has 1 saturated heterocycles. The monoisotopic (exact) mass is 349 g/mol. The molecule has 1 atom stereocenters. The Balaban J connectivity index is 0.00000242. The van der Waals surface area contributed by atoms with Gasteiger partial charge in [0.15, 0.2) is 4.90 Å². The molecule has 0 spiro atoms. The second-order valence-electron chi connectivity index (χ2n) is 5.24. The molecular weight excluding hydrogens is 330 g/mol. The smallest absolute Gasteiger partial charge is 0.289 e. The van der Waals surface area contributed by atoms with E-state index in [4.69, 9.17) is 0 Å². The summed E-state index contributed by atoms with van der Waals surface area (Å²) in [7, 11) is -3.89. The third kappa shape index (κ3) is 4.39. The number of nitro groups is 1. The summed E-state index contributed by atoms with van der Waals surface area (Å²) >= 11 is 0. The van der Waals surface area contributed by atoms with E-state index in [1.807, 2.05) is 0 Å². The highest BCUT2D eigenvalue weighted by molar-refractivity contribution is 7.89. The van der Waals surface area contributed by atoms with E-state index in [2.05, 4.69) is 10.0 Å². The average molecular weight is 350 g/mol. The van der Waals surface area contributed by atoms with E-state index in [9.17, 15) is 18.5 Å². The largest absolute Gasteiger partial charge is 0.316 e. The number of benzene rings is 1. The van der Waals surface area contributed by atoms with Crippen LogP contribution in [0.15, 0.2) is 23.1 Å². The second kappa shape index (κ2) is 7.87. The summed E-state index contributed by atoms with van der Waals surface area (Å²) in [5, 5.41) is 14.2. The van der Waals surface area contributed by atoms with Crippen molar-refractivity contribution >= 4 is 28.1 Å². The number of nitrogens with zero attached hydrogens (tertiary/aromatic N) is 1. The second-order valence-corrected chi connectivity index (χ2v) is 6.95. The molecule has 22 heavy (non-hydrogen) atoms. The number of sulfonamides is 1. The normalized spacial score (nSPS) is 18.5. The summed E-state index contributed by atoms with van der Waals surface area (Å²) in [4.78, 5) is 10.1. The molecule has 7 nitrogen and oxygen atoms in total. The lowest BCUT2D eigenvalue weighted by molar-refractivity contribution is -0.387. The molecule has 1 fully saturated rings. The number of aryl methyl sites for hydroxylation is 1. The lowest BCUT2D eigenvalue weighted by Gasteiger charge is -2.23. The molecule has 0 aromatic heterocycles. The van der Waals surface area contributed by atoms with E-state index in [0.717, 1.165) is 25.9 Å². The number of piperidine rings is 1. The van der Waals surface area contributed by atoms with Crippen molar-refractivity contribution < 1.29 is 13.3 Å². The molecular formula is C13H20ClN3O4S. The molecule has 1 aromatic rings. The Kier molecular flexibility index (Phi) is 6.73. The van der Waals surface area contributed by atoms with E-state index >= 15 is 0 Å². The van der Waals surface area contributed by atoms with Crippen molar-refractivity contribution in [1.82, 2.24) is 10.0 Å². The minimum atomic E-state index is -3.89. The molecule has 0 saturated carbocycles. The van der Waals surface area contributed by atoms with Crippen LogP contribution in [0.3, 0.4) is 0 Å². The van der Waals surface area contributed by atoms with Gasteiger partial charge in [0.25, 0.3) is 5.69 Å². The van der Waals surface area contributed by atoms with Gasteiger partial charge in [-0.1, -0.05) is 12.1 Å². The first-order valence-electron chi connectivity index (χ1n) is 6.86. The van der Waals surface area contributed by atoms with Gasteiger partial charge in [-0.2, -0.15) is 0 Å². The van der Waals surface area contributed by atoms with Crippen molar-refractivity contribution in [3.63, 3.8) is 0 Å². The lowest BCUT2D eigenvalue weighted by Crippen LogP contribution is -2.38. The van der Waals surface area contributed by atoms with E-state index in [0.29, 0.717) is 12.1 Å². The molecule has 1 heterocycles. The Hall–Kier alpha value is -1.22. The Morgan fingerprint density at radius 2 is 2.18 bits per heavy atom. The molecule has 0 radical (unpaired) electrons. The van der Waals surface area contributed by atoms with Gasteiger partial charge in [0.1, 0.15) is 0 Å². The Labute approximate surface area is 136 Å². The molecule has 1 aliphatic heterocycles. The maximum Gasteiger partial charge on any atom is 0.289 e. The maximum atomic E-state index is 12.4. The van der Waals surface area contributed by atoms with Gasteiger partial charge < -0.3 is 5.32 Å². The van der Waals surface area contributed by atoms with E-state index in [1.165, 1.54) is 12.1 Å². The predicted octanol–water partition coefficient (Wildman–Crippen LogP) is 1.60. The zero-order valence-corrected chi connectivity index (χ0v) is 13.9. The van der Waals surface area contributed by atoms with E-state index < -0.39 is 14.9 Å². The van der Waals surface area contributed by atoms with Crippen LogP contribution in [0.1, 0.15) is 18.4 Å². The van der Waals surface area contributed by atoms with Gasteiger partial charge >= 0.3 is 0 Å². The van der Waals surface area contributed by atoms with Gasteiger partial charge in [-0.05, 0) is 44.3 Å². The fourth-order valence-electron chi connectivity index (χ4n) is 2.53. The molecule has 0 amide bonds. The van der Waals surface area contributed by atoms with Crippen molar-refractivity contribution in [3.05, 3.63) is 33.9 Å². The quantitative estimate of drug-likeness (QED) is 0.621. The molecule has 1 aliphatic rings. The van der Waals surface area contributed by atoms with Gasteiger partial charge in [-0.25, -0.2) is 13.1 Å². The fraction of sp³-hybridized carbons (Fsp3) is 0.538. The molecule has 9 heteroatoms. The maximum absolute atomic E-state index is 12.4. The van der Waals surface area contributed by atoms with Crippen LogP contribution in [0.25, 0.3) is 0 Å². The third-order valence-electron chi connectivity index (χ3n) is 3.62. The highest BCUT2D eigenvalue weighted by atomic mass is 35.5. The van der Waals surface area contributed by atoms with Crippen molar-refractivity contribution in [3.8, 4) is 0 Å². The van der Waals surface area contributed by atoms with Gasteiger partial charge in [-0.3, -0.25) is 10.1 Å². The van der Waals surface area contributed by atoms with Crippen molar-refractivity contribution in [2.45, 2.75) is 24.7 Å². The summed E-state index contributed by atoms with van der Waals surface area (Å²) < 4.78 is 27.3. The molecule has 124 valence electrons. The van der Waals surface area contributed by atoms with Crippen LogP contribution in [0.2, 0.25) is 0 Å². The van der Waals surface area contributed by atoms with Crippen LogP contribution in [-0.4, -0.2) is 33.0 Å². The minimum Gasteiger partial charge on any atom is -0.316 e. The summed E-state index contributed by atoms with van der Waals surface area (Å²) in [6.07, 6.45) is 1.96. The van der Waals surface area contributed by atoms with E-state index in [1.54, 1.807) is 13.0 Å². The van der Waals surface area contributed by atoms with Crippen molar-refractivity contribution in [1.29, 1.82) is 0 Å². The molecule has 0 bridgehead atoms. The van der Waals surface area contributed by atoms with Crippen LogP contribution >= 0.6 is 12.4 Å². The first-order valence-corrected chi connectivity index (χ1v) is 8.34. The number of hydrogen-bond acceptors (Lipinski definition) is 5. The number of hydrogen-bond donors (Lipinski definition) is 2. The zero-order chi connectivity index (χ0) is 15.5. The van der Waals surface area contributed by atoms with Crippen LogP contribution < -0.4 is 10.0 Å². The van der Waals surface area contributed by atoms with Crippen LogP contribution in [-0.2, 0) is 10.0 Å². The summed E-state index contributed by atoms with van der Waals surface area (Å²) in [6.45, 7) is 3.56. The number of nitro benzene ring substituents is 1. The SMILES string of the molecule is Cc1cccc([N+](=O)[O-])c1S(=O)(=O)NCC1CCCNC1.Cl. The Morgan fingerprint density at radius 1 is 1.45 bits per heavy atom. The third-order valence-corrected chi connectivity index (χ3v) is 5.23. The average Bonchev–Trinajstić information content (AvgIpc) is 2.46. The molecule has 0 aliphatic carbocycles. The first-order chi connectivity index (χ1) is 9.92. The van der Waals surface area contributed by atoms with Crippen molar-refractivity contribution in [2.24, 2.45) is 5.92 Å². The first kappa shape index (κ1) is 18.8. The fourth-order valence-corrected chi connectivity index (χ4v) is 4.04. The number of halogens is 1. The summed E-state index contributed by atoms with van der Waals surface area (Å²) in [5.74, 6) is 0.219. The van der Waals surface area contributed by atoms with Gasteiger partial charge in [-0.15, -0.1) is 12.4 Å². The van der Waals surface area contributed by atoms with Crippen LogP contribution in [0.4, 0.5) is 5.69 Å². The minimum absolute atomic E-state index is 0. The number of rotatable bonds is 5.